The number of carbonyl (C=O) groups is 1. The molecule has 0 aliphatic rings. The molecular weight excluding hydrogens is 225 g/mol. The molecule has 0 atom stereocenters. The van der Waals surface area contributed by atoms with Crippen molar-refractivity contribution in [3.8, 4) is 10.6 Å². The molecule has 0 fully saturated rings. The number of thiazole rings is 1. The van der Waals surface area contributed by atoms with Crippen LogP contribution in [0.4, 0.5) is 4.39 Å². The van der Waals surface area contributed by atoms with Crippen LogP contribution in [0.3, 0.4) is 0 Å². The number of Topliss-reactive ketones (excluding diaryl/α,β-unsaturated/α-hetero) is 1. The molecule has 2 aromatic rings. The molecule has 1 aromatic carbocycles. The third-order valence-electron chi connectivity index (χ3n) is 2.14. The van der Waals surface area contributed by atoms with Crippen LogP contribution in [0.2, 0.25) is 0 Å². The summed E-state index contributed by atoms with van der Waals surface area (Å²) in [5.41, 5.74) is 1.56. The van der Waals surface area contributed by atoms with E-state index in [0.717, 1.165) is 11.1 Å². The summed E-state index contributed by atoms with van der Waals surface area (Å²) >= 11 is 1.28. The van der Waals surface area contributed by atoms with Crippen LogP contribution in [0.25, 0.3) is 10.6 Å². The van der Waals surface area contributed by atoms with Crippen LogP contribution in [0.1, 0.15) is 22.2 Å². The lowest BCUT2D eigenvalue weighted by atomic mass is 10.1. The minimum atomic E-state index is -0.283. The average molecular weight is 235 g/mol. The van der Waals surface area contributed by atoms with E-state index >= 15 is 0 Å². The molecule has 0 amide bonds. The molecule has 0 unspecified atom stereocenters. The van der Waals surface area contributed by atoms with Crippen molar-refractivity contribution < 1.29 is 9.18 Å². The molecule has 0 bridgehead atoms. The lowest BCUT2D eigenvalue weighted by Gasteiger charge is -1.98. The number of aromatic nitrogens is 1. The number of hydrogen-bond acceptors (Lipinski definition) is 3. The molecule has 0 saturated carbocycles. The van der Waals surface area contributed by atoms with Crippen LogP contribution in [-0.4, -0.2) is 10.8 Å². The van der Waals surface area contributed by atoms with Gasteiger partial charge >= 0.3 is 0 Å². The number of carbonyl (C=O) groups excluding carboxylic acids is 1. The molecule has 1 aromatic heterocycles. The zero-order valence-electron chi connectivity index (χ0n) is 8.95. The van der Waals surface area contributed by atoms with E-state index in [0.29, 0.717) is 9.88 Å². The molecular formula is C12H10FNOS. The fourth-order valence-electron chi connectivity index (χ4n) is 1.43. The molecule has 82 valence electrons. The Hall–Kier alpha value is -1.55. The molecule has 1 heterocycles. The standard InChI is InChI=1S/C12H10FNOS/c1-7-3-9(5-10(13)4-7)12-14-6-11(16-12)8(2)15/h3-6H,1-2H3. The van der Waals surface area contributed by atoms with E-state index in [1.807, 2.05) is 13.0 Å². The highest BCUT2D eigenvalue weighted by Gasteiger charge is 2.09. The van der Waals surface area contributed by atoms with Gasteiger partial charge in [-0.2, -0.15) is 0 Å². The highest BCUT2D eigenvalue weighted by Crippen LogP contribution is 2.26. The molecule has 0 N–H and O–H groups in total. The van der Waals surface area contributed by atoms with Crippen LogP contribution < -0.4 is 0 Å². The topological polar surface area (TPSA) is 30.0 Å². The minimum Gasteiger partial charge on any atom is -0.294 e. The van der Waals surface area contributed by atoms with Gasteiger partial charge in [0.2, 0.25) is 0 Å². The monoisotopic (exact) mass is 235 g/mol. The third-order valence-corrected chi connectivity index (χ3v) is 3.29. The van der Waals surface area contributed by atoms with Crippen LogP contribution in [-0.2, 0) is 0 Å². The fraction of sp³-hybridized carbons (Fsp3) is 0.167. The summed E-state index contributed by atoms with van der Waals surface area (Å²) in [5, 5.41) is 0.674. The highest BCUT2D eigenvalue weighted by molar-refractivity contribution is 7.16. The second kappa shape index (κ2) is 4.14. The minimum absolute atomic E-state index is 0.0168. The van der Waals surface area contributed by atoms with Gasteiger partial charge in [-0.3, -0.25) is 4.79 Å². The van der Waals surface area contributed by atoms with Gasteiger partial charge in [0, 0.05) is 18.7 Å². The van der Waals surface area contributed by atoms with Crippen molar-refractivity contribution in [2.75, 3.05) is 0 Å². The molecule has 0 aliphatic carbocycles. The number of aryl methyl sites for hydroxylation is 1. The van der Waals surface area contributed by atoms with E-state index in [-0.39, 0.29) is 11.6 Å². The first-order valence-corrected chi connectivity index (χ1v) is 5.62. The van der Waals surface area contributed by atoms with Crippen molar-refractivity contribution in [1.29, 1.82) is 0 Å². The van der Waals surface area contributed by atoms with E-state index in [1.54, 1.807) is 0 Å². The molecule has 16 heavy (non-hydrogen) atoms. The maximum Gasteiger partial charge on any atom is 0.171 e. The quantitative estimate of drug-likeness (QED) is 0.746. The van der Waals surface area contributed by atoms with Crippen LogP contribution in [0.5, 0.6) is 0 Å². The van der Waals surface area contributed by atoms with E-state index in [1.165, 1.54) is 36.6 Å². The summed E-state index contributed by atoms with van der Waals surface area (Å²) in [6.45, 7) is 3.32. The highest BCUT2D eigenvalue weighted by atomic mass is 32.1. The van der Waals surface area contributed by atoms with Crippen LogP contribution in [0, 0.1) is 12.7 Å². The lowest BCUT2D eigenvalue weighted by Crippen LogP contribution is -1.83. The summed E-state index contributed by atoms with van der Waals surface area (Å²) in [6.07, 6.45) is 1.53. The van der Waals surface area contributed by atoms with Crippen molar-refractivity contribution >= 4 is 17.1 Å². The molecule has 0 spiro atoms. The number of hydrogen-bond donors (Lipinski definition) is 0. The van der Waals surface area contributed by atoms with Gasteiger partial charge in [-0.25, -0.2) is 9.37 Å². The summed E-state index contributed by atoms with van der Waals surface area (Å²) in [4.78, 5) is 15.8. The first-order valence-electron chi connectivity index (χ1n) is 4.80. The number of nitrogens with zero attached hydrogens (tertiary/aromatic N) is 1. The zero-order chi connectivity index (χ0) is 11.7. The van der Waals surface area contributed by atoms with Gasteiger partial charge in [0.15, 0.2) is 5.78 Å². The Morgan fingerprint density at radius 2 is 2.12 bits per heavy atom. The van der Waals surface area contributed by atoms with Gasteiger partial charge in [0.1, 0.15) is 10.8 Å². The van der Waals surface area contributed by atoms with Gasteiger partial charge < -0.3 is 0 Å². The van der Waals surface area contributed by atoms with E-state index in [9.17, 15) is 9.18 Å². The predicted octanol–water partition coefficient (Wildman–Crippen LogP) is 3.46. The van der Waals surface area contributed by atoms with Gasteiger partial charge in [-0.1, -0.05) is 0 Å². The first-order chi connectivity index (χ1) is 7.56. The first kappa shape index (κ1) is 11.0. The van der Waals surface area contributed by atoms with E-state index in [2.05, 4.69) is 4.98 Å². The summed E-state index contributed by atoms with van der Waals surface area (Å²) in [7, 11) is 0. The Morgan fingerprint density at radius 3 is 2.69 bits per heavy atom. The average Bonchev–Trinajstić information content (AvgIpc) is 2.64. The molecule has 2 nitrogen and oxygen atoms in total. The molecule has 0 aliphatic heterocycles. The van der Waals surface area contributed by atoms with Crippen molar-refractivity contribution in [3.05, 3.63) is 40.7 Å². The maximum atomic E-state index is 13.2. The Bertz CT molecular complexity index is 527. The zero-order valence-corrected chi connectivity index (χ0v) is 9.77. The van der Waals surface area contributed by atoms with Gasteiger partial charge in [-0.15, -0.1) is 11.3 Å². The second-order valence-electron chi connectivity index (χ2n) is 3.60. The fourth-order valence-corrected chi connectivity index (χ4v) is 2.23. The smallest absolute Gasteiger partial charge is 0.171 e. The lowest BCUT2D eigenvalue weighted by molar-refractivity contribution is 0.102. The maximum absolute atomic E-state index is 13.2. The Balaban J connectivity index is 2.46. The van der Waals surface area contributed by atoms with Crippen molar-refractivity contribution in [2.24, 2.45) is 0 Å². The molecule has 0 saturated heterocycles. The molecule has 4 heteroatoms. The SMILES string of the molecule is CC(=O)c1cnc(-c2cc(C)cc(F)c2)s1. The largest absolute Gasteiger partial charge is 0.294 e. The molecule has 0 radical (unpaired) electrons. The molecule has 2 rings (SSSR count). The number of rotatable bonds is 2. The Morgan fingerprint density at radius 1 is 1.38 bits per heavy atom. The summed E-state index contributed by atoms with van der Waals surface area (Å²) < 4.78 is 13.2. The van der Waals surface area contributed by atoms with Gasteiger partial charge in [0.25, 0.3) is 0 Å². The van der Waals surface area contributed by atoms with Gasteiger partial charge in [-0.05, 0) is 30.7 Å². The summed E-state index contributed by atoms with van der Waals surface area (Å²) in [6, 6.07) is 4.74. The van der Waals surface area contributed by atoms with Crippen LogP contribution >= 0.6 is 11.3 Å². The Kier molecular flexibility index (Phi) is 2.83. The van der Waals surface area contributed by atoms with Crippen molar-refractivity contribution in [1.82, 2.24) is 4.98 Å². The Labute approximate surface area is 96.8 Å². The van der Waals surface area contributed by atoms with Crippen molar-refractivity contribution in [2.45, 2.75) is 13.8 Å². The van der Waals surface area contributed by atoms with E-state index < -0.39 is 0 Å². The summed E-state index contributed by atoms with van der Waals surface area (Å²) in [5.74, 6) is -0.300. The predicted molar refractivity (Wildman–Crippen MR) is 62.2 cm³/mol. The van der Waals surface area contributed by atoms with E-state index in [4.69, 9.17) is 0 Å². The van der Waals surface area contributed by atoms with Crippen LogP contribution in [0.15, 0.2) is 24.4 Å². The second-order valence-corrected chi connectivity index (χ2v) is 4.63. The number of benzene rings is 1. The number of ketones is 1. The van der Waals surface area contributed by atoms with Crippen molar-refractivity contribution in [3.63, 3.8) is 0 Å². The third kappa shape index (κ3) is 2.17. The number of halogens is 1. The normalized spacial score (nSPS) is 10.4. The van der Waals surface area contributed by atoms with Gasteiger partial charge in [0.05, 0.1) is 4.88 Å².